The molecule has 28 heavy (non-hydrogen) atoms. The molecule has 2 amide bonds. The Labute approximate surface area is 165 Å². The molecule has 4 rings (SSSR count). The molecule has 6 heteroatoms. The van der Waals surface area contributed by atoms with Crippen LogP contribution in [0.4, 0.5) is 5.69 Å². The molecule has 0 radical (unpaired) electrons. The van der Waals surface area contributed by atoms with E-state index in [9.17, 15) is 9.59 Å². The number of aryl methyl sites for hydroxylation is 1. The number of amides is 2. The molecule has 2 aromatic rings. The van der Waals surface area contributed by atoms with Crippen molar-refractivity contribution in [2.75, 3.05) is 31.5 Å². The molecule has 0 unspecified atom stereocenters. The number of nitrogens with one attached hydrogen (secondary N) is 3. The van der Waals surface area contributed by atoms with Gasteiger partial charge in [0.05, 0.1) is 5.57 Å². The van der Waals surface area contributed by atoms with Gasteiger partial charge >= 0.3 is 0 Å². The standard InChI is InChI=1S/C22H26N4O2/c1-14-16(7-8-21(27)26-11-9-23-10-12-26)15(2)24-20(14)13-18-17-5-3-4-6-19(17)25-22(18)28/h3-6,13,23-24H,7-12H2,1-2H3,(H,25,28). The van der Waals surface area contributed by atoms with E-state index in [2.05, 4.69) is 22.5 Å². The van der Waals surface area contributed by atoms with Crippen LogP contribution >= 0.6 is 0 Å². The topological polar surface area (TPSA) is 77.2 Å². The molecule has 1 aromatic heterocycles. The number of fused-ring (bicyclic) bond motifs is 1. The summed E-state index contributed by atoms with van der Waals surface area (Å²) in [5, 5.41) is 6.18. The molecule has 3 N–H and O–H groups in total. The summed E-state index contributed by atoms with van der Waals surface area (Å²) in [4.78, 5) is 30.2. The maximum absolute atomic E-state index is 12.5. The van der Waals surface area contributed by atoms with Gasteiger partial charge in [-0.05, 0) is 43.5 Å². The number of piperazine rings is 1. The summed E-state index contributed by atoms with van der Waals surface area (Å²) >= 11 is 0. The average molecular weight is 378 g/mol. The van der Waals surface area contributed by atoms with Crippen molar-refractivity contribution < 1.29 is 9.59 Å². The second-order valence-electron chi connectivity index (χ2n) is 7.46. The van der Waals surface area contributed by atoms with Gasteiger partial charge in [-0.25, -0.2) is 0 Å². The van der Waals surface area contributed by atoms with Crippen molar-refractivity contribution in [2.45, 2.75) is 26.7 Å². The predicted molar refractivity (Wildman–Crippen MR) is 111 cm³/mol. The van der Waals surface area contributed by atoms with Gasteiger partial charge in [0, 0.05) is 55.2 Å². The Morgan fingerprint density at radius 3 is 2.71 bits per heavy atom. The lowest BCUT2D eigenvalue weighted by Gasteiger charge is -2.27. The molecule has 146 valence electrons. The van der Waals surface area contributed by atoms with Crippen LogP contribution in [0.1, 0.15) is 34.5 Å². The van der Waals surface area contributed by atoms with Crippen LogP contribution in [0.3, 0.4) is 0 Å². The molecule has 0 spiro atoms. The number of hydrogen-bond donors (Lipinski definition) is 3. The smallest absolute Gasteiger partial charge is 0.256 e. The lowest BCUT2D eigenvalue weighted by Crippen LogP contribution is -2.46. The average Bonchev–Trinajstić information content (AvgIpc) is 3.16. The number of benzene rings is 1. The van der Waals surface area contributed by atoms with Gasteiger partial charge in [-0.2, -0.15) is 0 Å². The van der Waals surface area contributed by atoms with E-state index in [0.29, 0.717) is 18.4 Å². The fourth-order valence-corrected chi connectivity index (χ4v) is 4.07. The molecule has 0 saturated carbocycles. The maximum Gasteiger partial charge on any atom is 0.256 e. The van der Waals surface area contributed by atoms with Crippen LogP contribution in [0.5, 0.6) is 0 Å². The number of para-hydroxylation sites is 1. The molecule has 3 heterocycles. The van der Waals surface area contributed by atoms with Crippen LogP contribution in [0.2, 0.25) is 0 Å². The zero-order valence-electron chi connectivity index (χ0n) is 16.4. The third-order valence-electron chi connectivity index (χ3n) is 5.69. The van der Waals surface area contributed by atoms with Crippen LogP contribution in [0.15, 0.2) is 24.3 Å². The van der Waals surface area contributed by atoms with Crippen molar-refractivity contribution in [3.8, 4) is 0 Å². The Kier molecular flexibility index (Phi) is 5.05. The largest absolute Gasteiger partial charge is 0.359 e. The Balaban J connectivity index is 1.53. The van der Waals surface area contributed by atoms with Crippen molar-refractivity contribution in [1.82, 2.24) is 15.2 Å². The van der Waals surface area contributed by atoms with Crippen molar-refractivity contribution in [1.29, 1.82) is 0 Å². The van der Waals surface area contributed by atoms with E-state index in [1.807, 2.05) is 42.2 Å². The highest BCUT2D eigenvalue weighted by Gasteiger charge is 2.24. The second kappa shape index (κ2) is 7.64. The SMILES string of the molecule is Cc1[nH]c(C=C2C(=O)Nc3ccccc32)c(C)c1CCC(=O)N1CCNCC1. The lowest BCUT2D eigenvalue weighted by atomic mass is 10.0. The summed E-state index contributed by atoms with van der Waals surface area (Å²) in [6, 6.07) is 7.72. The number of aromatic amines is 1. The number of nitrogens with zero attached hydrogens (tertiary/aromatic N) is 1. The zero-order chi connectivity index (χ0) is 19.7. The van der Waals surface area contributed by atoms with Gasteiger partial charge in [-0.1, -0.05) is 18.2 Å². The number of rotatable bonds is 4. The molecule has 2 aliphatic heterocycles. The molecule has 1 saturated heterocycles. The quantitative estimate of drug-likeness (QED) is 0.716. The first-order chi connectivity index (χ1) is 13.5. The minimum Gasteiger partial charge on any atom is -0.359 e. The second-order valence-corrected chi connectivity index (χ2v) is 7.46. The van der Waals surface area contributed by atoms with Crippen LogP contribution in [0.25, 0.3) is 11.6 Å². The molecule has 6 nitrogen and oxygen atoms in total. The molecular weight excluding hydrogens is 352 g/mol. The fourth-order valence-electron chi connectivity index (χ4n) is 4.07. The fraction of sp³-hybridized carbons (Fsp3) is 0.364. The summed E-state index contributed by atoms with van der Waals surface area (Å²) in [6.07, 6.45) is 3.15. The maximum atomic E-state index is 12.5. The highest BCUT2D eigenvalue weighted by atomic mass is 16.2. The van der Waals surface area contributed by atoms with Crippen LogP contribution in [0, 0.1) is 13.8 Å². The molecule has 0 bridgehead atoms. The van der Waals surface area contributed by atoms with Crippen molar-refractivity contribution in [3.63, 3.8) is 0 Å². The minimum atomic E-state index is -0.0803. The van der Waals surface area contributed by atoms with Gasteiger partial charge in [0.1, 0.15) is 0 Å². The van der Waals surface area contributed by atoms with E-state index in [1.54, 1.807) is 0 Å². The monoisotopic (exact) mass is 378 g/mol. The minimum absolute atomic E-state index is 0.0803. The number of carbonyl (C=O) groups is 2. The third kappa shape index (κ3) is 3.47. The zero-order valence-corrected chi connectivity index (χ0v) is 16.4. The summed E-state index contributed by atoms with van der Waals surface area (Å²) in [5.74, 6) is 0.133. The van der Waals surface area contributed by atoms with Crippen LogP contribution in [-0.2, 0) is 16.0 Å². The van der Waals surface area contributed by atoms with E-state index in [1.165, 1.54) is 5.56 Å². The van der Waals surface area contributed by atoms with E-state index in [4.69, 9.17) is 0 Å². The Hall–Kier alpha value is -2.86. The molecule has 0 aliphatic carbocycles. The normalized spacial score (nSPS) is 17.7. The first kappa shape index (κ1) is 18.5. The summed E-state index contributed by atoms with van der Waals surface area (Å²) in [6.45, 7) is 7.40. The van der Waals surface area contributed by atoms with Crippen LogP contribution in [-0.4, -0.2) is 47.9 Å². The van der Waals surface area contributed by atoms with Gasteiger partial charge in [-0.3, -0.25) is 9.59 Å². The summed E-state index contributed by atoms with van der Waals surface area (Å²) in [7, 11) is 0. The highest BCUT2D eigenvalue weighted by molar-refractivity contribution is 6.34. The van der Waals surface area contributed by atoms with Gasteiger partial charge in [0.25, 0.3) is 5.91 Å². The first-order valence-electron chi connectivity index (χ1n) is 9.83. The van der Waals surface area contributed by atoms with Gasteiger partial charge < -0.3 is 20.5 Å². The predicted octanol–water partition coefficient (Wildman–Crippen LogP) is 2.49. The summed E-state index contributed by atoms with van der Waals surface area (Å²) < 4.78 is 0. The first-order valence-corrected chi connectivity index (χ1v) is 9.83. The van der Waals surface area contributed by atoms with E-state index in [-0.39, 0.29) is 11.8 Å². The van der Waals surface area contributed by atoms with Gasteiger partial charge in [0.2, 0.25) is 5.91 Å². The van der Waals surface area contributed by atoms with Crippen molar-refractivity contribution >= 4 is 29.2 Å². The van der Waals surface area contributed by atoms with Crippen LogP contribution < -0.4 is 10.6 Å². The molecule has 2 aliphatic rings. The number of hydrogen-bond acceptors (Lipinski definition) is 3. The van der Waals surface area contributed by atoms with Crippen molar-refractivity contribution in [3.05, 3.63) is 52.3 Å². The Bertz CT molecular complexity index is 951. The number of aromatic nitrogens is 1. The Morgan fingerprint density at radius 2 is 1.93 bits per heavy atom. The third-order valence-corrected chi connectivity index (χ3v) is 5.69. The molecule has 1 fully saturated rings. The van der Waals surface area contributed by atoms with E-state index in [0.717, 1.165) is 54.4 Å². The number of H-pyrrole nitrogens is 1. The number of anilines is 1. The van der Waals surface area contributed by atoms with E-state index < -0.39 is 0 Å². The highest BCUT2D eigenvalue weighted by Crippen LogP contribution is 2.33. The van der Waals surface area contributed by atoms with Crippen molar-refractivity contribution in [2.24, 2.45) is 0 Å². The molecular formula is C22H26N4O2. The van der Waals surface area contributed by atoms with E-state index >= 15 is 0 Å². The van der Waals surface area contributed by atoms with Gasteiger partial charge in [0.15, 0.2) is 0 Å². The Morgan fingerprint density at radius 1 is 1.18 bits per heavy atom. The van der Waals surface area contributed by atoms with Gasteiger partial charge in [-0.15, -0.1) is 0 Å². The summed E-state index contributed by atoms with van der Waals surface area (Å²) in [5.41, 5.74) is 6.71. The lowest BCUT2D eigenvalue weighted by molar-refractivity contribution is -0.131. The molecule has 0 atom stereocenters. The number of carbonyl (C=O) groups excluding carboxylic acids is 2. The molecule has 1 aromatic carbocycles.